The Morgan fingerprint density at radius 3 is 1.93 bits per heavy atom. The maximum atomic E-state index is 12.2. The minimum absolute atomic E-state index is 0.0506. The summed E-state index contributed by atoms with van der Waals surface area (Å²) < 4.78 is 0. The van der Waals surface area contributed by atoms with E-state index in [4.69, 9.17) is 0 Å². The lowest BCUT2D eigenvalue weighted by atomic mass is 10.2. The van der Waals surface area contributed by atoms with Crippen molar-refractivity contribution in [3.8, 4) is 0 Å². The van der Waals surface area contributed by atoms with Crippen LogP contribution in [-0.2, 0) is 4.79 Å². The minimum Gasteiger partial charge on any atom is -0.338 e. The van der Waals surface area contributed by atoms with E-state index in [0.29, 0.717) is 29.6 Å². The third kappa shape index (κ3) is 5.54. The van der Waals surface area contributed by atoms with E-state index < -0.39 is 0 Å². The number of nitrogens with one attached hydrogen (secondary N) is 3. The summed E-state index contributed by atoms with van der Waals surface area (Å²) in [6, 6.07) is 16.0. The lowest BCUT2D eigenvalue weighted by molar-refractivity contribution is -0.116. The maximum Gasteiger partial charge on any atom is 0.229 e. The topological polar surface area (TPSA) is 78.9 Å². The molecule has 1 aromatic heterocycles. The van der Waals surface area contributed by atoms with Crippen LogP contribution in [0.25, 0.3) is 0 Å². The molecule has 3 N–H and O–H groups in total. The highest BCUT2D eigenvalue weighted by Gasteiger charge is 2.15. The van der Waals surface area contributed by atoms with Crippen molar-refractivity contribution in [2.45, 2.75) is 40.5 Å². The summed E-state index contributed by atoms with van der Waals surface area (Å²) in [5, 5.41) is 9.51. The molecular weight excluding hydrogens is 362 g/mol. The molecule has 0 spiro atoms. The number of hydrogen-bond acceptors (Lipinski definition) is 5. The van der Waals surface area contributed by atoms with Crippen LogP contribution < -0.4 is 16.0 Å². The maximum absolute atomic E-state index is 12.2. The molecular formula is C23H27N5O. The molecule has 0 radical (unpaired) electrons. The average molecular weight is 390 g/mol. The van der Waals surface area contributed by atoms with Crippen molar-refractivity contribution in [1.29, 1.82) is 0 Å². The summed E-state index contributed by atoms with van der Waals surface area (Å²) in [4.78, 5) is 21.4. The van der Waals surface area contributed by atoms with Crippen LogP contribution in [0.4, 0.5) is 28.8 Å². The molecule has 0 aliphatic carbocycles. The Balaban J connectivity index is 1.94. The van der Waals surface area contributed by atoms with Gasteiger partial charge in [0, 0.05) is 17.8 Å². The fraction of sp³-hybridized carbons (Fsp3) is 0.261. The molecule has 0 saturated carbocycles. The molecule has 0 bridgehead atoms. The average Bonchev–Trinajstić information content (AvgIpc) is 2.68. The van der Waals surface area contributed by atoms with Crippen molar-refractivity contribution in [2.24, 2.45) is 0 Å². The lowest BCUT2D eigenvalue weighted by Crippen LogP contribution is -2.15. The Kier molecular flexibility index (Phi) is 6.44. The quantitative estimate of drug-likeness (QED) is 0.488. The van der Waals surface area contributed by atoms with Gasteiger partial charge in [-0.3, -0.25) is 4.79 Å². The summed E-state index contributed by atoms with van der Waals surface area (Å²) in [6.07, 6.45) is 1.23. The van der Waals surface area contributed by atoms with Crippen molar-refractivity contribution in [2.75, 3.05) is 16.0 Å². The van der Waals surface area contributed by atoms with E-state index in [1.165, 1.54) is 11.1 Å². The van der Waals surface area contributed by atoms with E-state index in [1.807, 2.05) is 76.2 Å². The first-order valence-electron chi connectivity index (χ1n) is 9.80. The van der Waals surface area contributed by atoms with Crippen LogP contribution in [0.1, 0.15) is 36.6 Å². The second-order valence-electron chi connectivity index (χ2n) is 7.14. The number of hydrogen-bond donors (Lipinski definition) is 3. The van der Waals surface area contributed by atoms with E-state index in [9.17, 15) is 4.79 Å². The molecule has 3 aromatic rings. The summed E-state index contributed by atoms with van der Waals surface area (Å²) in [5.74, 6) is 0.972. The fourth-order valence-electron chi connectivity index (χ4n) is 2.84. The normalized spacial score (nSPS) is 10.5. The van der Waals surface area contributed by atoms with Gasteiger partial charge in [0.2, 0.25) is 11.9 Å². The van der Waals surface area contributed by atoms with Crippen LogP contribution in [-0.4, -0.2) is 15.9 Å². The molecule has 1 amide bonds. The molecule has 6 nitrogen and oxygen atoms in total. The molecule has 150 valence electrons. The van der Waals surface area contributed by atoms with Crippen LogP contribution >= 0.6 is 0 Å². The molecule has 0 saturated heterocycles. The Morgan fingerprint density at radius 1 is 0.828 bits per heavy atom. The summed E-state index contributed by atoms with van der Waals surface area (Å²) in [5.41, 5.74) is 5.43. The Labute approximate surface area is 171 Å². The van der Waals surface area contributed by atoms with Gasteiger partial charge in [-0.1, -0.05) is 42.3 Å². The largest absolute Gasteiger partial charge is 0.338 e. The number of rotatable bonds is 7. The molecule has 29 heavy (non-hydrogen) atoms. The fourth-order valence-corrected chi connectivity index (χ4v) is 2.84. The number of nitrogens with zero attached hydrogens (tertiary/aromatic N) is 2. The predicted molar refractivity (Wildman–Crippen MR) is 119 cm³/mol. The molecule has 1 heterocycles. The van der Waals surface area contributed by atoms with Crippen molar-refractivity contribution >= 4 is 34.7 Å². The molecule has 6 heteroatoms. The number of amides is 1. The van der Waals surface area contributed by atoms with Gasteiger partial charge < -0.3 is 16.0 Å². The second kappa shape index (κ2) is 9.19. The molecule has 2 aromatic carbocycles. The summed E-state index contributed by atoms with van der Waals surface area (Å²) >= 11 is 0. The first kappa shape index (κ1) is 20.3. The lowest BCUT2D eigenvalue weighted by Gasteiger charge is -2.16. The van der Waals surface area contributed by atoms with Gasteiger partial charge in [0.15, 0.2) is 5.82 Å². The molecule has 0 atom stereocenters. The zero-order valence-electron chi connectivity index (χ0n) is 17.3. The van der Waals surface area contributed by atoms with Gasteiger partial charge in [-0.25, -0.2) is 4.98 Å². The van der Waals surface area contributed by atoms with Crippen LogP contribution in [0.5, 0.6) is 0 Å². The molecule has 0 aliphatic heterocycles. The monoisotopic (exact) mass is 389 g/mol. The number of carbonyl (C=O) groups is 1. The molecule has 0 aliphatic rings. The number of carbonyl (C=O) groups excluding carboxylic acids is 1. The first-order chi connectivity index (χ1) is 13.9. The Bertz CT molecular complexity index is 981. The van der Waals surface area contributed by atoms with E-state index in [1.54, 1.807) is 0 Å². The molecule has 0 unspecified atom stereocenters. The molecule has 0 fully saturated rings. The van der Waals surface area contributed by atoms with E-state index in [-0.39, 0.29) is 5.91 Å². The minimum atomic E-state index is -0.0506. The van der Waals surface area contributed by atoms with Crippen molar-refractivity contribution in [3.05, 3.63) is 65.4 Å². The first-order valence-corrected chi connectivity index (χ1v) is 9.80. The van der Waals surface area contributed by atoms with Gasteiger partial charge in [0.25, 0.3) is 0 Å². The summed E-state index contributed by atoms with van der Waals surface area (Å²) in [7, 11) is 0. The predicted octanol–water partition coefficient (Wildman–Crippen LogP) is 5.63. The third-order valence-electron chi connectivity index (χ3n) is 4.45. The van der Waals surface area contributed by atoms with Gasteiger partial charge >= 0.3 is 0 Å². The zero-order chi connectivity index (χ0) is 20.8. The number of aromatic nitrogens is 2. The highest BCUT2D eigenvalue weighted by atomic mass is 16.1. The van der Waals surface area contributed by atoms with Crippen LogP contribution in [0.3, 0.4) is 0 Å². The second-order valence-corrected chi connectivity index (χ2v) is 7.14. The van der Waals surface area contributed by atoms with Crippen LogP contribution in [0.15, 0.2) is 48.5 Å². The highest BCUT2D eigenvalue weighted by molar-refractivity contribution is 5.95. The zero-order valence-corrected chi connectivity index (χ0v) is 17.3. The number of benzene rings is 2. The van der Waals surface area contributed by atoms with Gasteiger partial charge in [-0.15, -0.1) is 0 Å². The Hall–Kier alpha value is -3.41. The highest BCUT2D eigenvalue weighted by Crippen LogP contribution is 2.29. The Morgan fingerprint density at radius 2 is 1.38 bits per heavy atom. The van der Waals surface area contributed by atoms with Gasteiger partial charge in [-0.05, 0) is 51.5 Å². The van der Waals surface area contributed by atoms with E-state index in [2.05, 4.69) is 25.9 Å². The van der Waals surface area contributed by atoms with Gasteiger partial charge in [0.05, 0.1) is 5.69 Å². The van der Waals surface area contributed by atoms with Crippen LogP contribution in [0, 0.1) is 20.8 Å². The van der Waals surface area contributed by atoms with E-state index in [0.717, 1.165) is 17.8 Å². The molecule has 3 rings (SSSR count). The van der Waals surface area contributed by atoms with Gasteiger partial charge in [0.1, 0.15) is 5.69 Å². The summed E-state index contributed by atoms with van der Waals surface area (Å²) in [6.45, 7) is 7.92. The van der Waals surface area contributed by atoms with Crippen molar-refractivity contribution < 1.29 is 4.79 Å². The van der Waals surface area contributed by atoms with Gasteiger partial charge in [-0.2, -0.15) is 4.98 Å². The number of anilines is 5. The van der Waals surface area contributed by atoms with Crippen molar-refractivity contribution in [3.63, 3.8) is 0 Å². The SMILES string of the molecule is CCCC(=O)Nc1c(C)nc(Nc2ccc(C)cc2)nc1Nc1ccc(C)cc1. The van der Waals surface area contributed by atoms with E-state index >= 15 is 0 Å². The third-order valence-corrected chi connectivity index (χ3v) is 4.45. The van der Waals surface area contributed by atoms with Crippen LogP contribution in [0.2, 0.25) is 0 Å². The standard InChI is InChI=1S/C23H27N5O/c1-5-6-20(29)27-21-17(4)24-23(26-19-13-9-16(3)10-14-19)28-22(21)25-18-11-7-15(2)8-12-18/h7-14H,5-6H2,1-4H3,(H,27,29)(H2,24,25,26,28). The van der Waals surface area contributed by atoms with Crippen molar-refractivity contribution in [1.82, 2.24) is 9.97 Å². The smallest absolute Gasteiger partial charge is 0.229 e. The number of aryl methyl sites for hydroxylation is 3.